The molecule has 8 nitrogen and oxygen atoms in total. The molecule has 3 amide bonds. The minimum atomic E-state index is -0.667. The van der Waals surface area contributed by atoms with Gasteiger partial charge in [0.25, 0.3) is 0 Å². The van der Waals surface area contributed by atoms with E-state index in [0.717, 1.165) is 40.7 Å². The van der Waals surface area contributed by atoms with E-state index in [0.29, 0.717) is 36.9 Å². The molecular weight excluding hydrogens is 526 g/mol. The lowest BCUT2D eigenvalue weighted by Crippen LogP contribution is -2.43. The highest BCUT2D eigenvalue weighted by Gasteiger charge is 2.51. The van der Waals surface area contributed by atoms with E-state index in [9.17, 15) is 14.4 Å². The van der Waals surface area contributed by atoms with Gasteiger partial charge in [-0.05, 0) is 72.6 Å². The summed E-state index contributed by atoms with van der Waals surface area (Å²) in [7, 11) is 0. The summed E-state index contributed by atoms with van der Waals surface area (Å²) in [5, 5.41) is 5.94. The van der Waals surface area contributed by atoms with Crippen LogP contribution in [-0.4, -0.2) is 46.4 Å². The van der Waals surface area contributed by atoms with Crippen LogP contribution < -0.4 is 10.6 Å². The number of hydrogen-bond acceptors (Lipinski definition) is 5. The van der Waals surface area contributed by atoms with Crippen molar-refractivity contribution in [3.63, 3.8) is 0 Å². The van der Waals surface area contributed by atoms with Crippen LogP contribution in [0.15, 0.2) is 65.8 Å². The van der Waals surface area contributed by atoms with Gasteiger partial charge in [-0.25, -0.2) is 4.98 Å². The van der Waals surface area contributed by atoms with Crippen LogP contribution in [0.2, 0.25) is 0 Å². The lowest BCUT2D eigenvalue weighted by molar-refractivity contribution is -0.142. The second-order valence-corrected chi connectivity index (χ2v) is 12.8. The number of nitrogens with zero attached hydrogens (tertiary/aromatic N) is 3. The second-order valence-electron chi connectivity index (χ2n) is 12.8. The van der Waals surface area contributed by atoms with Crippen LogP contribution in [0, 0.1) is 5.41 Å². The largest absolute Gasteiger partial charge is 0.329 e. The molecule has 1 spiro atoms. The number of pyridine rings is 1. The summed E-state index contributed by atoms with van der Waals surface area (Å²) in [6, 6.07) is 17.9. The molecule has 1 aromatic heterocycles. The number of carbonyl (C=O) groups excluding carboxylic acids is 3. The first-order chi connectivity index (χ1) is 20.1. The predicted molar refractivity (Wildman–Crippen MR) is 164 cm³/mol. The van der Waals surface area contributed by atoms with E-state index < -0.39 is 10.8 Å². The number of amides is 3. The van der Waals surface area contributed by atoms with Gasteiger partial charge in [0.1, 0.15) is 12.4 Å². The van der Waals surface area contributed by atoms with Gasteiger partial charge in [0, 0.05) is 41.7 Å². The zero-order chi connectivity index (χ0) is 29.5. The average Bonchev–Trinajstić information content (AvgIpc) is 3.44. The Hall–Kier alpha value is -4.33. The van der Waals surface area contributed by atoms with Crippen molar-refractivity contribution in [3.8, 4) is 0 Å². The molecule has 1 unspecified atom stereocenters. The highest BCUT2D eigenvalue weighted by Crippen LogP contribution is 2.47. The molecule has 6 rings (SSSR count). The van der Waals surface area contributed by atoms with Crippen molar-refractivity contribution in [1.82, 2.24) is 9.88 Å². The Morgan fingerprint density at radius 1 is 1.10 bits per heavy atom. The quantitative estimate of drug-likeness (QED) is 0.393. The number of carbonyl (C=O) groups is 3. The zero-order valence-electron chi connectivity index (χ0n) is 24.4. The summed E-state index contributed by atoms with van der Waals surface area (Å²) < 4.78 is 0. The van der Waals surface area contributed by atoms with Crippen molar-refractivity contribution < 1.29 is 14.4 Å². The van der Waals surface area contributed by atoms with Gasteiger partial charge in [-0.2, -0.15) is 0 Å². The van der Waals surface area contributed by atoms with Crippen molar-refractivity contribution in [1.29, 1.82) is 0 Å². The maximum Gasteiger partial charge on any atom is 0.244 e. The number of nitrogens with one attached hydrogen (secondary N) is 2. The molecule has 1 saturated carbocycles. The number of anilines is 2. The maximum atomic E-state index is 13.5. The normalized spacial score (nSPS) is 19.4. The fourth-order valence-corrected chi connectivity index (χ4v) is 6.12. The van der Waals surface area contributed by atoms with Crippen LogP contribution in [0.3, 0.4) is 0 Å². The topological polar surface area (TPSA) is 104 Å². The number of aliphatic imine (C=N–C) groups is 1. The summed E-state index contributed by atoms with van der Waals surface area (Å²) in [5.74, 6) is 0.225. The third-order valence-electron chi connectivity index (χ3n) is 8.64. The van der Waals surface area contributed by atoms with Gasteiger partial charge in [0.2, 0.25) is 17.7 Å². The van der Waals surface area contributed by atoms with Crippen molar-refractivity contribution in [2.24, 2.45) is 10.4 Å². The van der Waals surface area contributed by atoms with Crippen LogP contribution in [0.4, 0.5) is 11.5 Å². The molecule has 0 radical (unpaired) electrons. The summed E-state index contributed by atoms with van der Waals surface area (Å²) in [6.07, 6.45) is 8.20. The summed E-state index contributed by atoms with van der Waals surface area (Å²) in [6.45, 7) is 5.84. The fraction of sp³-hybridized carbons (Fsp3) is 0.382. The highest BCUT2D eigenvalue weighted by atomic mass is 16.2. The standard InChI is InChI=1S/C34H37N5O3/c1-33(2,3)32(42)39(20-24-9-5-4-8-23(24)19-36-26-10-6-11-26)21-29(40)37-27-14-13-22-17-34(18-25(22)16-27)28-12-7-15-35-30(28)38-31(34)41/h4-5,7-9,12-16,19,26H,6,10-11,17-18,20-21H2,1-3H3,(H,37,40)(H,35,38,41). The Balaban J connectivity index is 1.18. The molecule has 216 valence electrons. The molecule has 42 heavy (non-hydrogen) atoms. The molecule has 8 heteroatoms. The second kappa shape index (κ2) is 10.8. The molecular formula is C34H37N5O3. The molecule has 3 aromatic rings. The van der Waals surface area contributed by atoms with E-state index in [1.807, 2.05) is 81.6 Å². The Labute approximate surface area is 246 Å². The number of aromatic nitrogens is 1. The Morgan fingerprint density at radius 2 is 1.88 bits per heavy atom. The zero-order valence-corrected chi connectivity index (χ0v) is 24.4. The maximum absolute atomic E-state index is 13.5. The van der Waals surface area contributed by atoms with Gasteiger partial charge in [-0.3, -0.25) is 19.4 Å². The van der Waals surface area contributed by atoms with E-state index >= 15 is 0 Å². The van der Waals surface area contributed by atoms with Crippen molar-refractivity contribution >= 4 is 35.4 Å². The first kappa shape index (κ1) is 27.8. The SMILES string of the molecule is CC(C)(C)C(=O)N(CC(=O)Nc1ccc2c(c1)CC1(C2)C(=O)Nc2ncccc21)Cc1ccccc1C=NC1CCC1. The number of rotatable bonds is 7. The van der Waals surface area contributed by atoms with Gasteiger partial charge in [0.15, 0.2) is 0 Å². The summed E-state index contributed by atoms with van der Waals surface area (Å²) >= 11 is 0. The van der Waals surface area contributed by atoms with E-state index in [1.165, 1.54) is 6.42 Å². The fourth-order valence-electron chi connectivity index (χ4n) is 6.12. The van der Waals surface area contributed by atoms with Crippen molar-refractivity contribution in [2.45, 2.75) is 70.9 Å². The third-order valence-corrected chi connectivity index (χ3v) is 8.64. The molecule has 0 bridgehead atoms. The van der Waals surface area contributed by atoms with E-state index in [2.05, 4.69) is 15.6 Å². The minimum absolute atomic E-state index is 0.0349. The van der Waals surface area contributed by atoms with Crippen LogP contribution in [0.1, 0.15) is 67.9 Å². The summed E-state index contributed by atoms with van der Waals surface area (Å²) in [4.78, 5) is 50.6. The average molecular weight is 564 g/mol. The minimum Gasteiger partial charge on any atom is -0.329 e. The number of benzene rings is 2. The molecule has 1 aliphatic heterocycles. The first-order valence-corrected chi connectivity index (χ1v) is 14.7. The lowest BCUT2D eigenvalue weighted by Gasteiger charge is -2.29. The molecule has 2 aliphatic carbocycles. The molecule has 1 atom stereocenters. The molecule has 2 heterocycles. The Morgan fingerprint density at radius 3 is 2.64 bits per heavy atom. The van der Waals surface area contributed by atoms with E-state index in [-0.39, 0.29) is 24.3 Å². The van der Waals surface area contributed by atoms with Gasteiger partial charge in [0.05, 0.1) is 5.41 Å². The molecule has 1 fully saturated rings. The monoisotopic (exact) mass is 563 g/mol. The van der Waals surface area contributed by atoms with Crippen molar-refractivity contribution in [2.75, 3.05) is 17.2 Å². The van der Waals surface area contributed by atoms with Gasteiger partial charge >= 0.3 is 0 Å². The van der Waals surface area contributed by atoms with E-state index in [1.54, 1.807) is 11.1 Å². The number of fused-ring (bicyclic) bond motifs is 3. The van der Waals surface area contributed by atoms with Crippen LogP contribution >= 0.6 is 0 Å². The van der Waals surface area contributed by atoms with Crippen molar-refractivity contribution in [3.05, 3.63) is 88.6 Å². The van der Waals surface area contributed by atoms with Crippen LogP contribution in [-0.2, 0) is 39.2 Å². The summed E-state index contributed by atoms with van der Waals surface area (Å²) in [5.41, 5.74) is 4.30. The number of hydrogen-bond donors (Lipinski definition) is 2. The van der Waals surface area contributed by atoms with Crippen LogP contribution in [0.25, 0.3) is 0 Å². The van der Waals surface area contributed by atoms with Gasteiger partial charge in [-0.15, -0.1) is 0 Å². The lowest BCUT2D eigenvalue weighted by atomic mass is 9.79. The molecule has 2 N–H and O–H groups in total. The van der Waals surface area contributed by atoms with Gasteiger partial charge in [-0.1, -0.05) is 57.2 Å². The molecule has 0 saturated heterocycles. The molecule has 2 aromatic carbocycles. The molecule has 3 aliphatic rings. The van der Waals surface area contributed by atoms with Gasteiger partial charge < -0.3 is 15.5 Å². The smallest absolute Gasteiger partial charge is 0.244 e. The van der Waals surface area contributed by atoms with Crippen LogP contribution in [0.5, 0.6) is 0 Å². The highest BCUT2D eigenvalue weighted by molar-refractivity contribution is 6.06. The Bertz CT molecular complexity index is 1590. The Kier molecular flexibility index (Phi) is 7.17. The predicted octanol–water partition coefficient (Wildman–Crippen LogP) is 5.06. The van der Waals surface area contributed by atoms with E-state index in [4.69, 9.17) is 4.99 Å². The first-order valence-electron chi connectivity index (χ1n) is 14.7. The third kappa shape index (κ3) is 5.33.